The molecule has 0 heterocycles. The van der Waals surface area contributed by atoms with E-state index in [1.54, 1.807) is 0 Å². The number of aryl methyl sites for hydroxylation is 2. The van der Waals surface area contributed by atoms with Crippen LogP contribution >= 0.6 is 0 Å². The van der Waals surface area contributed by atoms with Gasteiger partial charge < -0.3 is 0 Å². The van der Waals surface area contributed by atoms with E-state index in [0.717, 1.165) is 12.8 Å². The Morgan fingerprint density at radius 1 is 1.21 bits per heavy atom. The first-order valence-corrected chi connectivity index (χ1v) is 5.35. The SMILES string of the molecule is CCC(=O)CCc1cccc(CC)c1. The van der Waals surface area contributed by atoms with Crippen LogP contribution in [-0.2, 0) is 17.6 Å². The van der Waals surface area contributed by atoms with Gasteiger partial charge in [-0.2, -0.15) is 0 Å². The molecule has 76 valence electrons. The Bertz CT molecular complexity index is 302. The van der Waals surface area contributed by atoms with Gasteiger partial charge in [-0.15, -0.1) is 0 Å². The Morgan fingerprint density at radius 3 is 2.57 bits per heavy atom. The number of rotatable bonds is 5. The van der Waals surface area contributed by atoms with Gasteiger partial charge >= 0.3 is 0 Å². The van der Waals surface area contributed by atoms with Crippen LogP contribution in [0.25, 0.3) is 0 Å². The fourth-order valence-electron chi connectivity index (χ4n) is 1.47. The molecular formula is C13H18O. The van der Waals surface area contributed by atoms with Crippen LogP contribution < -0.4 is 0 Å². The summed E-state index contributed by atoms with van der Waals surface area (Å²) in [4.78, 5) is 11.1. The normalized spacial score (nSPS) is 10.1. The summed E-state index contributed by atoms with van der Waals surface area (Å²) in [5.74, 6) is 0.354. The fraction of sp³-hybridized carbons (Fsp3) is 0.462. The van der Waals surface area contributed by atoms with Crippen molar-refractivity contribution in [3.8, 4) is 0 Å². The molecule has 0 bridgehead atoms. The Kier molecular flexibility index (Phi) is 4.37. The van der Waals surface area contributed by atoms with Crippen molar-refractivity contribution < 1.29 is 4.79 Å². The molecule has 0 saturated carbocycles. The summed E-state index contributed by atoms with van der Waals surface area (Å²) < 4.78 is 0. The van der Waals surface area contributed by atoms with Crippen molar-refractivity contribution in [3.05, 3.63) is 35.4 Å². The molecule has 0 aliphatic rings. The molecule has 0 aliphatic heterocycles. The monoisotopic (exact) mass is 190 g/mol. The van der Waals surface area contributed by atoms with Crippen molar-refractivity contribution in [2.45, 2.75) is 39.5 Å². The van der Waals surface area contributed by atoms with Gasteiger partial charge in [-0.25, -0.2) is 0 Å². The van der Waals surface area contributed by atoms with Gasteiger partial charge in [-0.05, 0) is 24.0 Å². The van der Waals surface area contributed by atoms with Crippen LogP contribution in [0.4, 0.5) is 0 Å². The van der Waals surface area contributed by atoms with Crippen LogP contribution in [-0.4, -0.2) is 5.78 Å². The van der Waals surface area contributed by atoms with Crippen molar-refractivity contribution in [1.29, 1.82) is 0 Å². The Hall–Kier alpha value is -1.11. The maximum Gasteiger partial charge on any atom is 0.132 e. The van der Waals surface area contributed by atoms with Crippen molar-refractivity contribution >= 4 is 5.78 Å². The second kappa shape index (κ2) is 5.58. The zero-order valence-corrected chi connectivity index (χ0v) is 9.05. The van der Waals surface area contributed by atoms with Gasteiger partial charge in [0.25, 0.3) is 0 Å². The summed E-state index contributed by atoms with van der Waals surface area (Å²) in [6.07, 6.45) is 3.30. The van der Waals surface area contributed by atoms with Crippen molar-refractivity contribution in [1.82, 2.24) is 0 Å². The van der Waals surface area contributed by atoms with E-state index in [1.165, 1.54) is 11.1 Å². The summed E-state index contributed by atoms with van der Waals surface area (Å²) in [6, 6.07) is 8.50. The summed E-state index contributed by atoms with van der Waals surface area (Å²) in [6.45, 7) is 4.07. The van der Waals surface area contributed by atoms with Gasteiger partial charge in [-0.3, -0.25) is 4.79 Å². The lowest BCUT2D eigenvalue weighted by molar-refractivity contribution is -0.118. The van der Waals surface area contributed by atoms with Gasteiger partial charge in [0.2, 0.25) is 0 Å². The molecular weight excluding hydrogens is 172 g/mol. The predicted octanol–water partition coefficient (Wildman–Crippen LogP) is 3.16. The van der Waals surface area contributed by atoms with Gasteiger partial charge in [-0.1, -0.05) is 38.1 Å². The van der Waals surface area contributed by atoms with Gasteiger partial charge in [0.05, 0.1) is 0 Å². The van der Waals surface area contributed by atoms with Gasteiger partial charge in [0, 0.05) is 12.8 Å². The number of hydrogen-bond donors (Lipinski definition) is 0. The molecule has 1 rings (SSSR count). The van der Waals surface area contributed by atoms with Crippen molar-refractivity contribution in [2.24, 2.45) is 0 Å². The molecule has 0 N–H and O–H groups in total. The lowest BCUT2D eigenvalue weighted by atomic mass is 10.0. The molecule has 1 heteroatoms. The number of ketones is 1. The lowest BCUT2D eigenvalue weighted by Crippen LogP contribution is -1.98. The third-order valence-corrected chi connectivity index (χ3v) is 2.49. The molecule has 0 amide bonds. The summed E-state index contributed by atoms with van der Waals surface area (Å²) >= 11 is 0. The van der Waals surface area contributed by atoms with E-state index in [4.69, 9.17) is 0 Å². The van der Waals surface area contributed by atoms with Gasteiger partial charge in [0.15, 0.2) is 0 Å². The Balaban J connectivity index is 2.54. The van der Waals surface area contributed by atoms with Crippen LogP contribution in [0, 0.1) is 0 Å². The molecule has 0 aromatic heterocycles. The van der Waals surface area contributed by atoms with Crippen LogP contribution in [0.15, 0.2) is 24.3 Å². The standard InChI is InChI=1S/C13H18O/c1-3-11-6-5-7-12(10-11)8-9-13(14)4-2/h5-7,10H,3-4,8-9H2,1-2H3. The van der Waals surface area contributed by atoms with Crippen molar-refractivity contribution in [2.75, 3.05) is 0 Å². The molecule has 1 aromatic rings. The van der Waals surface area contributed by atoms with E-state index < -0.39 is 0 Å². The molecule has 0 aliphatic carbocycles. The molecule has 14 heavy (non-hydrogen) atoms. The minimum atomic E-state index is 0.354. The number of hydrogen-bond acceptors (Lipinski definition) is 1. The summed E-state index contributed by atoms with van der Waals surface area (Å²) in [7, 11) is 0. The number of benzene rings is 1. The molecule has 0 saturated heterocycles. The van der Waals surface area contributed by atoms with E-state index in [0.29, 0.717) is 18.6 Å². The topological polar surface area (TPSA) is 17.1 Å². The molecule has 1 nitrogen and oxygen atoms in total. The van der Waals surface area contributed by atoms with Crippen LogP contribution in [0.3, 0.4) is 0 Å². The first-order chi connectivity index (χ1) is 6.76. The maximum atomic E-state index is 11.1. The fourth-order valence-corrected chi connectivity index (χ4v) is 1.47. The first kappa shape index (κ1) is 11.0. The molecule has 0 radical (unpaired) electrons. The number of Topliss-reactive ketones (excluding diaryl/α,β-unsaturated/α-hetero) is 1. The number of carbonyl (C=O) groups is 1. The average Bonchev–Trinajstić information content (AvgIpc) is 2.26. The molecule has 0 atom stereocenters. The first-order valence-electron chi connectivity index (χ1n) is 5.35. The van der Waals surface area contributed by atoms with E-state index in [9.17, 15) is 4.79 Å². The van der Waals surface area contributed by atoms with Gasteiger partial charge in [0.1, 0.15) is 5.78 Å². The molecule has 0 fully saturated rings. The van der Waals surface area contributed by atoms with E-state index >= 15 is 0 Å². The van der Waals surface area contributed by atoms with E-state index in [-0.39, 0.29) is 0 Å². The minimum Gasteiger partial charge on any atom is -0.300 e. The third-order valence-electron chi connectivity index (χ3n) is 2.49. The van der Waals surface area contributed by atoms with E-state index in [1.807, 2.05) is 6.92 Å². The lowest BCUT2D eigenvalue weighted by Gasteiger charge is -2.02. The highest BCUT2D eigenvalue weighted by Crippen LogP contribution is 2.08. The largest absolute Gasteiger partial charge is 0.300 e. The van der Waals surface area contributed by atoms with E-state index in [2.05, 4.69) is 31.2 Å². The smallest absolute Gasteiger partial charge is 0.132 e. The molecule has 0 unspecified atom stereocenters. The summed E-state index contributed by atoms with van der Waals surface area (Å²) in [5.41, 5.74) is 2.64. The minimum absolute atomic E-state index is 0.354. The Morgan fingerprint density at radius 2 is 1.93 bits per heavy atom. The highest BCUT2D eigenvalue weighted by molar-refractivity contribution is 5.78. The second-order valence-electron chi connectivity index (χ2n) is 3.57. The average molecular weight is 190 g/mol. The number of carbonyl (C=O) groups excluding carboxylic acids is 1. The van der Waals surface area contributed by atoms with Crippen molar-refractivity contribution in [3.63, 3.8) is 0 Å². The highest BCUT2D eigenvalue weighted by Gasteiger charge is 1.99. The predicted molar refractivity (Wildman–Crippen MR) is 59.4 cm³/mol. The third kappa shape index (κ3) is 3.33. The molecule has 1 aromatic carbocycles. The maximum absolute atomic E-state index is 11.1. The van der Waals surface area contributed by atoms with Crippen LogP contribution in [0.1, 0.15) is 37.8 Å². The summed E-state index contributed by atoms with van der Waals surface area (Å²) in [5, 5.41) is 0. The van der Waals surface area contributed by atoms with Crippen LogP contribution in [0.5, 0.6) is 0 Å². The zero-order valence-electron chi connectivity index (χ0n) is 9.05. The Labute approximate surface area is 86.1 Å². The quantitative estimate of drug-likeness (QED) is 0.697. The zero-order chi connectivity index (χ0) is 10.4. The highest BCUT2D eigenvalue weighted by atomic mass is 16.1. The second-order valence-corrected chi connectivity index (χ2v) is 3.57. The molecule has 0 spiro atoms. The van der Waals surface area contributed by atoms with Crippen LogP contribution in [0.2, 0.25) is 0 Å².